The number of nitrogens with two attached hydrogens (primary N) is 1. The summed E-state index contributed by atoms with van der Waals surface area (Å²) in [6, 6.07) is 18.6. The standard InChI is InChI=1S/C20H24N2O/c1-20(14-21)11-12-22(15-20)19(23)13-16-7-9-18(10-8-16)17-5-3-2-4-6-17/h2-10H,11-15,21H2,1H3. The highest BCUT2D eigenvalue weighted by atomic mass is 16.2. The molecule has 1 aliphatic rings. The van der Waals surface area contributed by atoms with Crippen LogP contribution in [0.2, 0.25) is 0 Å². The molecule has 2 aromatic rings. The first kappa shape index (κ1) is 15.8. The van der Waals surface area contributed by atoms with E-state index in [2.05, 4.69) is 43.3 Å². The summed E-state index contributed by atoms with van der Waals surface area (Å²) in [5.41, 5.74) is 9.35. The van der Waals surface area contributed by atoms with Gasteiger partial charge in [0.1, 0.15) is 0 Å². The van der Waals surface area contributed by atoms with Gasteiger partial charge in [0, 0.05) is 13.1 Å². The summed E-state index contributed by atoms with van der Waals surface area (Å²) in [5.74, 6) is 0.203. The Kier molecular flexibility index (Phi) is 4.49. The fourth-order valence-corrected chi connectivity index (χ4v) is 3.14. The van der Waals surface area contributed by atoms with Gasteiger partial charge >= 0.3 is 0 Å². The average molecular weight is 308 g/mol. The zero-order valence-electron chi connectivity index (χ0n) is 13.7. The van der Waals surface area contributed by atoms with Gasteiger partial charge in [0.25, 0.3) is 0 Å². The van der Waals surface area contributed by atoms with E-state index >= 15 is 0 Å². The molecule has 120 valence electrons. The summed E-state index contributed by atoms with van der Waals surface area (Å²) in [6.07, 6.45) is 1.47. The molecule has 0 radical (unpaired) electrons. The third kappa shape index (κ3) is 3.62. The maximum atomic E-state index is 12.5. The van der Waals surface area contributed by atoms with Gasteiger partial charge in [0.15, 0.2) is 0 Å². The molecule has 0 bridgehead atoms. The van der Waals surface area contributed by atoms with Crippen molar-refractivity contribution in [2.75, 3.05) is 19.6 Å². The fourth-order valence-electron chi connectivity index (χ4n) is 3.14. The molecule has 0 aliphatic carbocycles. The molecule has 3 nitrogen and oxygen atoms in total. The molecule has 1 aliphatic heterocycles. The first-order valence-electron chi connectivity index (χ1n) is 8.22. The molecule has 1 amide bonds. The van der Waals surface area contributed by atoms with Crippen LogP contribution in [0, 0.1) is 5.41 Å². The summed E-state index contributed by atoms with van der Waals surface area (Å²) >= 11 is 0. The van der Waals surface area contributed by atoms with E-state index in [1.165, 1.54) is 11.1 Å². The van der Waals surface area contributed by atoms with Crippen LogP contribution in [-0.2, 0) is 11.2 Å². The maximum absolute atomic E-state index is 12.5. The van der Waals surface area contributed by atoms with Crippen molar-refractivity contribution in [3.05, 3.63) is 60.2 Å². The van der Waals surface area contributed by atoms with Crippen LogP contribution < -0.4 is 5.73 Å². The molecule has 1 saturated heterocycles. The van der Waals surface area contributed by atoms with E-state index in [1.807, 2.05) is 23.1 Å². The highest BCUT2D eigenvalue weighted by Gasteiger charge is 2.34. The molecule has 0 spiro atoms. The predicted molar refractivity (Wildman–Crippen MR) is 93.9 cm³/mol. The zero-order chi connectivity index (χ0) is 16.3. The second kappa shape index (κ2) is 6.55. The molecule has 1 fully saturated rings. The van der Waals surface area contributed by atoms with Gasteiger partial charge in [0.05, 0.1) is 6.42 Å². The van der Waals surface area contributed by atoms with Crippen molar-refractivity contribution in [2.45, 2.75) is 19.8 Å². The van der Waals surface area contributed by atoms with Gasteiger partial charge in [-0.15, -0.1) is 0 Å². The predicted octanol–water partition coefficient (Wildman–Crippen LogP) is 3.09. The number of carbonyl (C=O) groups is 1. The first-order valence-corrected chi connectivity index (χ1v) is 8.22. The topological polar surface area (TPSA) is 46.3 Å². The molecular weight excluding hydrogens is 284 g/mol. The fraction of sp³-hybridized carbons (Fsp3) is 0.350. The van der Waals surface area contributed by atoms with Gasteiger partial charge in [-0.1, -0.05) is 61.5 Å². The van der Waals surface area contributed by atoms with Crippen LogP contribution in [0.25, 0.3) is 11.1 Å². The smallest absolute Gasteiger partial charge is 0.227 e. The molecule has 3 heteroatoms. The molecule has 2 N–H and O–H groups in total. The Labute approximate surface area is 138 Å². The van der Waals surface area contributed by atoms with Crippen LogP contribution in [0.5, 0.6) is 0 Å². The van der Waals surface area contributed by atoms with Crippen LogP contribution in [0.4, 0.5) is 0 Å². The summed E-state index contributed by atoms with van der Waals surface area (Å²) in [5, 5.41) is 0. The highest BCUT2D eigenvalue weighted by molar-refractivity contribution is 5.79. The van der Waals surface area contributed by atoms with Gasteiger partial charge in [0.2, 0.25) is 5.91 Å². The van der Waals surface area contributed by atoms with Gasteiger partial charge in [-0.3, -0.25) is 4.79 Å². The zero-order valence-corrected chi connectivity index (χ0v) is 13.7. The number of rotatable bonds is 4. The summed E-state index contributed by atoms with van der Waals surface area (Å²) in [7, 11) is 0. The van der Waals surface area contributed by atoms with Crippen molar-refractivity contribution >= 4 is 5.91 Å². The Morgan fingerprint density at radius 1 is 1.09 bits per heavy atom. The van der Waals surface area contributed by atoms with E-state index < -0.39 is 0 Å². The highest BCUT2D eigenvalue weighted by Crippen LogP contribution is 2.29. The Balaban J connectivity index is 1.64. The Morgan fingerprint density at radius 3 is 2.35 bits per heavy atom. The van der Waals surface area contributed by atoms with Gasteiger partial charge in [-0.2, -0.15) is 0 Å². The van der Waals surface area contributed by atoms with Crippen molar-refractivity contribution in [1.82, 2.24) is 4.90 Å². The molecule has 1 unspecified atom stereocenters. The van der Waals surface area contributed by atoms with E-state index in [9.17, 15) is 4.79 Å². The van der Waals surface area contributed by atoms with E-state index in [-0.39, 0.29) is 11.3 Å². The number of nitrogens with zero attached hydrogens (tertiary/aromatic N) is 1. The lowest BCUT2D eigenvalue weighted by atomic mass is 9.90. The lowest BCUT2D eigenvalue weighted by molar-refractivity contribution is -0.129. The maximum Gasteiger partial charge on any atom is 0.227 e. The third-order valence-corrected chi connectivity index (χ3v) is 4.82. The summed E-state index contributed by atoms with van der Waals surface area (Å²) in [4.78, 5) is 14.4. The molecule has 23 heavy (non-hydrogen) atoms. The van der Waals surface area contributed by atoms with E-state index in [0.29, 0.717) is 13.0 Å². The summed E-state index contributed by atoms with van der Waals surface area (Å²) < 4.78 is 0. The molecular formula is C20H24N2O. The van der Waals surface area contributed by atoms with Crippen LogP contribution in [0.3, 0.4) is 0 Å². The number of amides is 1. The number of benzene rings is 2. The van der Waals surface area contributed by atoms with Crippen LogP contribution in [-0.4, -0.2) is 30.4 Å². The molecule has 0 aromatic heterocycles. The van der Waals surface area contributed by atoms with Crippen LogP contribution in [0.15, 0.2) is 54.6 Å². The second-order valence-corrected chi connectivity index (χ2v) is 6.82. The molecule has 0 saturated carbocycles. The van der Waals surface area contributed by atoms with Crippen LogP contribution >= 0.6 is 0 Å². The quantitative estimate of drug-likeness (QED) is 0.943. The number of likely N-dealkylation sites (tertiary alicyclic amines) is 1. The first-order chi connectivity index (χ1) is 11.1. The van der Waals surface area contributed by atoms with E-state index in [0.717, 1.165) is 25.1 Å². The minimum Gasteiger partial charge on any atom is -0.342 e. The number of carbonyl (C=O) groups excluding carboxylic acids is 1. The summed E-state index contributed by atoms with van der Waals surface area (Å²) in [6.45, 7) is 4.41. The monoisotopic (exact) mass is 308 g/mol. The van der Waals surface area contributed by atoms with Crippen molar-refractivity contribution in [1.29, 1.82) is 0 Å². The Bertz CT molecular complexity index is 666. The van der Waals surface area contributed by atoms with Crippen LogP contribution in [0.1, 0.15) is 18.9 Å². The molecule has 1 atom stereocenters. The number of hydrogen-bond donors (Lipinski definition) is 1. The van der Waals surface area contributed by atoms with Gasteiger partial charge < -0.3 is 10.6 Å². The van der Waals surface area contributed by atoms with Gasteiger partial charge in [-0.25, -0.2) is 0 Å². The lowest BCUT2D eigenvalue weighted by Crippen LogP contribution is -2.35. The van der Waals surface area contributed by atoms with Crippen molar-refractivity contribution < 1.29 is 4.79 Å². The van der Waals surface area contributed by atoms with Crippen molar-refractivity contribution in [2.24, 2.45) is 11.1 Å². The molecule has 3 rings (SSSR count). The SMILES string of the molecule is CC1(CN)CCN(C(=O)Cc2ccc(-c3ccccc3)cc2)C1. The second-order valence-electron chi connectivity index (χ2n) is 6.82. The minimum absolute atomic E-state index is 0.0901. The number of hydrogen-bond acceptors (Lipinski definition) is 2. The van der Waals surface area contributed by atoms with Crippen molar-refractivity contribution in [3.63, 3.8) is 0 Å². The Hall–Kier alpha value is -2.13. The van der Waals surface area contributed by atoms with Crippen molar-refractivity contribution in [3.8, 4) is 11.1 Å². The Morgan fingerprint density at radius 2 is 1.74 bits per heavy atom. The van der Waals surface area contributed by atoms with Gasteiger partial charge in [-0.05, 0) is 35.1 Å². The average Bonchev–Trinajstić information content (AvgIpc) is 3.00. The lowest BCUT2D eigenvalue weighted by Gasteiger charge is -2.22. The molecule has 1 heterocycles. The third-order valence-electron chi connectivity index (χ3n) is 4.82. The largest absolute Gasteiger partial charge is 0.342 e. The van der Waals surface area contributed by atoms with E-state index in [4.69, 9.17) is 5.73 Å². The normalized spacial score (nSPS) is 20.7. The minimum atomic E-state index is 0.0901. The van der Waals surface area contributed by atoms with E-state index in [1.54, 1.807) is 0 Å². The molecule has 2 aromatic carbocycles.